The van der Waals surface area contributed by atoms with Gasteiger partial charge in [-0.2, -0.15) is 0 Å². The number of aliphatic carboxylic acids is 1. The van der Waals surface area contributed by atoms with Crippen LogP contribution in [0.5, 0.6) is 0 Å². The Bertz CT molecular complexity index is 428. The summed E-state index contributed by atoms with van der Waals surface area (Å²) in [7, 11) is 0. The topological polar surface area (TPSA) is 76.0 Å². The van der Waals surface area contributed by atoms with Gasteiger partial charge in [0, 0.05) is 11.6 Å². The summed E-state index contributed by atoms with van der Waals surface area (Å²) in [5, 5.41) is 18.2. The second-order valence-corrected chi connectivity index (χ2v) is 3.94. The number of hydrogen-bond donors (Lipinski definition) is 2. The highest BCUT2D eigenvalue weighted by atomic mass is 16.7. The highest BCUT2D eigenvalue weighted by molar-refractivity contribution is 5.79. The summed E-state index contributed by atoms with van der Waals surface area (Å²) in [6.07, 6.45) is 0.158. The lowest BCUT2D eigenvalue weighted by atomic mass is 10.1. The SMILES string of the molecule is O=C(O)/C=C\[C@H]1O[C@@H](c2ccccc2)OC[C@H]1O. The first kappa shape index (κ1) is 12.8. The van der Waals surface area contributed by atoms with Crippen molar-refractivity contribution >= 4 is 5.97 Å². The van der Waals surface area contributed by atoms with Crippen LogP contribution in [0.15, 0.2) is 42.5 Å². The highest BCUT2D eigenvalue weighted by Gasteiger charge is 2.29. The minimum atomic E-state index is -1.08. The van der Waals surface area contributed by atoms with Crippen molar-refractivity contribution in [3.05, 3.63) is 48.0 Å². The number of aliphatic hydroxyl groups excluding tert-OH is 1. The molecule has 0 spiro atoms. The molecule has 0 saturated carbocycles. The lowest BCUT2D eigenvalue weighted by molar-refractivity contribution is -0.243. The van der Waals surface area contributed by atoms with E-state index in [1.807, 2.05) is 30.3 Å². The quantitative estimate of drug-likeness (QED) is 0.786. The van der Waals surface area contributed by atoms with Gasteiger partial charge in [0.05, 0.1) is 6.61 Å². The van der Waals surface area contributed by atoms with Gasteiger partial charge < -0.3 is 19.7 Å². The predicted octanol–water partition coefficient (Wildman–Crippen LogP) is 1.10. The van der Waals surface area contributed by atoms with Crippen molar-refractivity contribution in [1.29, 1.82) is 0 Å². The Morgan fingerprint density at radius 3 is 2.72 bits per heavy atom. The van der Waals surface area contributed by atoms with Gasteiger partial charge in [-0.3, -0.25) is 0 Å². The van der Waals surface area contributed by atoms with Crippen LogP contribution in [0.25, 0.3) is 0 Å². The third-order valence-electron chi connectivity index (χ3n) is 2.58. The summed E-state index contributed by atoms with van der Waals surface area (Å²) in [4.78, 5) is 10.4. The smallest absolute Gasteiger partial charge is 0.328 e. The maximum Gasteiger partial charge on any atom is 0.328 e. The van der Waals surface area contributed by atoms with Crippen molar-refractivity contribution in [2.45, 2.75) is 18.5 Å². The van der Waals surface area contributed by atoms with E-state index in [2.05, 4.69) is 0 Å². The maximum absolute atomic E-state index is 10.4. The number of rotatable bonds is 3. The van der Waals surface area contributed by atoms with Crippen molar-refractivity contribution in [3.63, 3.8) is 0 Å². The zero-order valence-electron chi connectivity index (χ0n) is 9.60. The molecule has 18 heavy (non-hydrogen) atoms. The molecule has 1 aromatic rings. The second kappa shape index (κ2) is 5.77. The Kier molecular flexibility index (Phi) is 4.09. The molecule has 1 aliphatic heterocycles. The van der Waals surface area contributed by atoms with E-state index >= 15 is 0 Å². The van der Waals surface area contributed by atoms with Gasteiger partial charge in [0.2, 0.25) is 0 Å². The van der Waals surface area contributed by atoms with Crippen LogP contribution in [0, 0.1) is 0 Å². The van der Waals surface area contributed by atoms with Gasteiger partial charge >= 0.3 is 5.97 Å². The summed E-state index contributed by atoms with van der Waals surface area (Å²) in [5.74, 6) is -1.08. The van der Waals surface area contributed by atoms with Crippen LogP contribution in [-0.2, 0) is 14.3 Å². The average molecular weight is 250 g/mol. The fourth-order valence-corrected chi connectivity index (χ4v) is 1.69. The van der Waals surface area contributed by atoms with Gasteiger partial charge in [-0.05, 0) is 6.08 Å². The Morgan fingerprint density at radius 2 is 2.06 bits per heavy atom. The first-order chi connectivity index (χ1) is 8.66. The predicted molar refractivity (Wildman–Crippen MR) is 62.8 cm³/mol. The van der Waals surface area contributed by atoms with Crippen LogP contribution in [0.2, 0.25) is 0 Å². The summed E-state index contributed by atoms with van der Waals surface area (Å²) in [5.41, 5.74) is 0.832. The fourth-order valence-electron chi connectivity index (χ4n) is 1.69. The van der Waals surface area contributed by atoms with E-state index in [0.717, 1.165) is 11.6 Å². The van der Waals surface area contributed by atoms with Crippen molar-refractivity contribution < 1.29 is 24.5 Å². The van der Waals surface area contributed by atoms with E-state index in [4.69, 9.17) is 14.6 Å². The molecule has 1 heterocycles. The molecule has 2 rings (SSSR count). The molecule has 0 aliphatic carbocycles. The van der Waals surface area contributed by atoms with Crippen LogP contribution in [0.3, 0.4) is 0 Å². The second-order valence-electron chi connectivity index (χ2n) is 3.94. The van der Waals surface area contributed by atoms with Crippen LogP contribution < -0.4 is 0 Å². The molecular weight excluding hydrogens is 236 g/mol. The zero-order valence-corrected chi connectivity index (χ0v) is 9.60. The maximum atomic E-state index is 10.4. The molecule has 0 radical (unpaired) electrons. The molecule has 5 heteroatoms. The molecule has 0 amide bonds. The third-order valence-corrected chi connectivity index (χ3v) is 2.58. The molecule has 1 aliphatic rings. The Hall–Kier alpha value is -1.69. The standard InChI is InChI=1S/C13H14O5/c14-10-8-17-13(9-4-2-1-3-5-9)18-11(10)6-7-12(15)16/h1-7,10-11,13-14H,8H2,(H,15,16)/b7-6-/t10-,11-,13+/m1/s1. The molecule has 0 unspecified atom stereocenters. The molecular formula is C13H14O5. The Morgan fingerprint density at radius 1 is 1.33 bits per heavy atom. The van der Waals surface area contributed by atoms with E-state index in [1.165, 1.54) is 6.08 Å². The third kappa shape index (κ3) is 3.16. The first-order valence-corrected chi connectivity index (χ1v) is 5.58. The molecule has 0 aromatic heterocycles. The number of ether oxygens (including phenoxy) is 2. The highest BCUT2D eigenvalue weighted by Crippen LogP contribution is 2.26. The largest absolute Gasteiger partial charge is 0.478 e. The molecule has 1 aromatic carbocycles. The molecule has 96 valence electrons. The van der Waals surface area contributed by atoms with E-state index in [-0.39, 0.29) is 6.61 Å². The van der Waals surface area contributed by atoms with Gasteiger partial charge in [-0.1, -0.05) is 30.3 Å². The van der Waals surface area contributed by atoms with Crippen molar-refractivity contribution in [2.75, 3.05) is 6.61 Å². The normalized spacial score (nSPS) is 28.4. The van der Waals surface area contributed by atoms with Gasteiger partial charge in [-0.15, -0.1) is 0 Å². The lowest BCUT2D eigenvalue weighted by Crippen LogP contribution is -2.39. The average Bonchev–Trinajstić information content (AvgIpc) is 2.38. The molecule has 1 saturated heterocycles. The molecule has 5 nitrogen and oxygen atoms in total. The van der Waals surface area contributed by atoms with Gasteiger partial charge in [0.15, 0.2) is 6.29 Å². The van der Waals surface area contributed by atoms with Gasteiger partial charge in [0.25, 0.3) is 0 Å². The zero-order chi connectivity index (χ0) is 13.0. The minimum absolute atomic E-state index is 0.105. The van der Waals surface area contributed by atoms with E-state index in [1.54, 1.807) is 0 Å². The van der Waals surface area contributed by atoms with Crippen LogP contribution in [-0.4, -0.2) is 35.0 Å². The van der Waals surface area contributed by atoms with Crippen LogP contribution >= 0.6 is 0 Å². The van der Waals surface area contributed by atoms with Crippen LogP contribution in [0.4, 0.5) is 0 Å². The van der Waals surface area contributed by atoms with E-state index in [0.29, 0.717) is 0 Å². The summed E-state index contributed by atoms with van der Waals surface area (Å²) < 4.78 is 10.9. The lowest BCUT2D eigenvalue weighted by Gasteiger charge is -2.32. The van der Waals surface area contributed by atoms with Crippen LogP contribution in [0.1, 0.15) is 11.9 Å². The number of carboxylic acids is 1. The number of benzene rings is 1. The minimum Gasteiger partial charge on any atom is -0.478 e. The monoisotopic (exact) mass is 250 g/mol. The van der Waals surface area contributed by atoms with Crippen molar-refractivity contribution in [1.82, 2.24) is 0 Å². The number of carbonyl (C=O) groups is 1. The first-order valence-electron chi connectivity index (χ1n) is 5.58. The fraction of sp³-hybridized carbons (Fsp3) is 0.308. The van der Waals surface area contributed by atoms with Crippen molar-refractivity contribution in [3.8, 4) is 0 Å². The molecule has 3 atom stereocenters. The number of hydrogen-bond acceptors (Lipinski definition) is 4. The summed E-state index contributed by atoms with van der Waals surface area (Å²) in [6, 6.07) is 9.29. The van der Waals surface area contributed by atoms with E-state index in [9.17, 15) is 9.90 Å². The summed E-state index contributed by atoms with van der Waals surface area (Å²) in [6.45, 7) is 0.105. The summed E-state index contributed by atoms with van der Waals surface area (Å²) >= 11 is 0. The number of carboxylic acid groups (broad SMARTS) is 1. The molecule has 1 fully saturated rings. The molecule has 0 bridgehead atoms. The number of aliphatic hydroxyl groups is 1. The molecule has 2 N–H and O–H groups in total. The Labute approximate surface area is 104 Å². The van der Waals surface area contributed by atoms with Crippen molar-refractivity contribution in [2.24, 2.45) is 0 Å². The Balaban J connectivity index is 2.07. The van der Waals surface area contributed by atoms with Gasteiger partial charge in [-0.25, -0.2) is 4.79 Å². The van der Waals surface area contributed by atoms with Gasteiger partial charge in [0.1, 0.15) is 12.2 Å². The van der Waals surface area contributed by atoms with E-state index < -0.39 is 24.5 Å².